The summed E-state index contributed by atoms with van der Waals surface area (Å²) in [5, 5.41) is 0. The fraction of sp³-hybridized carbons (Fsp3) is 0.467. The highest BCUT2D eigenvalue weighted by Gasteiger charge is 2.44. The quantitative estimate of drug-likeness (QED) is 0.882. The zero-order valence-corrected chi connectivity index (χ0v) is 11.5. The van der Waals surface area contributed by atoms with Gasteiger partial charge in [-0.05, 0) is 30.4 Å². The lowest BCUT2D eigenvalue weighted by Gasteiger charge is -2.30. The van der Waals surface area contributed by atoms with Gasteiger partial charge in [0, 0.05) is 20.5 Å². The molecule has 2 rings (SSSR count). The van der Waals surface area contributed by atoms with Crippen LogP contribution < -0.4 is 5.73 Å². The fourth-order valence-electron chi connectivity index (χ4n) is 2.97. The maximum atomic E-state index is 12.5. The van der Waals surface area contributed by atoms with Crippen LogP contribution in [0.4, 0.5) is 0 Å². The molecule has 0 bridgehead atoms. The molecule has 0 saturated carbocycles. The molecule has 0 atom stereocenters. The molecule has 0 radical (unpaired) electrons. The molecule has 102 valence electrons. The first kappa shape index (κ1) is 13.6. The largest absolute Gasteiger partial charge is 0.370 e. The molecule has 0 heterocycles. The van der Waals surface area contributed by atoms with Crippen LogP contribution in [0, 0.1) is 5.41 Å². The van der Waals surface area contributed by atoms with Crippen LogP contribution in [-0.4, -0.2) is 30.8 Å². The average Bonchev–Trinajstić information content (AvgIpc) is 2.75. The number of fused-ring (bicyclic) bond motifs is 1. The third-order valence-electron chi connectivity index (χ3n) is 3.89. The van der Waals surface area contributed by atoms with Crippen LogP contribution in [0.3, 0.4) is 0 Å². The van der Waals surface area contributed by atoms with Gasteiger partial charge in [0.25, 0.3) is 0 Å². The average molecular weight is 260 g/mol. The normalized spacial score (nSPS) is 15.9. The van der Waals surface area contributed by atoms with Gasteiger partial charge in [0.15, 0.2) is 0 Å². The molecule has 1 aromatic carbocycles. The van der Waals surface area contributed by atoms with Crippen LogP contribution in [0.1, 0.15) is 24.0 Å². The number of hydrogen-bond donors (Lipinski definition) is 1. The Labute approximate surface area is 113 Å². The molecular formula is C15H20N2O2. The van der Waals surface area contributed by atoms with Gasteiger partial charge in [0.05, 0.1) is 5.41 Å². The molecule has 2 N–H and O–H groups in total. The summed E-state index contributed by atoms with van der Waals surface area (Å²) in [4.78, 5) is 25.2. The number of benzene rings is 1. The minimum Gasteiger partial charge on any atom is -0.370 e. The summed E-state index contributed by atoms with van der Waals surface area (Å²) >= 11 is 0. The van der Waals surface area contributed by atoms with E-state index in [0.29, 0.717) is 19.3 Å². The standard InChI is InChI=1S/C15H20N2O2/c1-17(2)14(19)15(8-7-13(16)18)9-11-5-3-4-6-12(11)10-15/h3-6H,7-10H2,1-2H3,(H2,16,18). The van der Waals surface area contributed by atoms with E-state index in [0.717, 1.165) is 0 Å². The van der Waals surface area contributed by atoms with Crippen molar-refractivity contribution in [3.63, 3.8) is 0 Å². The lowest BCUT2D eigenvalue weighted by atomic mass is 9.79. The third kappa shape index (κ3) is 2.62. The van der Waals surface area contributed by atoms with Gasteiger partial charge in [-0.15, -0.1) is 0 Å². The van der Waals surface area contributed by atoms with E-state index in [-0.39, 0.29) is 18.2 Å². The van der Waals surface area contributed by atoms with Crippen LogP contribution in [0.2, 0.25) is 0 Å². The first-order chi connectivity index (χ1) is 8.94. The minimum absolute atomic E-state index is 0.0879. The van der Waals surface area contributed by atoms with Gasteiger partial charge >= 0.3 is 0 Å². The molecule has 1 aliphatic rings. The topological polar surface area (TPSA) is 63.4 Å². The van der Waals surface area contributed by atoms with E-state index in [9.17, 15) is 9.59 Å². The molecular weight excluding hydrogens is 240 g/mol. The van der Waals surface area contributed by atoms with Crippen molar-refractivity contribution in [1.29, 1.82) is 0 Å². The summed E-state index contributed by atoms with van der Waals surface area (Å²) in [6, 6.07) is 8.10. The molecule has 19 heavy (non-hydrogen) atoms. The molecule has 0 saturated heterocycles. The van der Waals surface area contributed by atoms with E-state index in [2.05, 4.69) is 12.1 Å². The Morgan fingerprint density at radius 2 is 1.74 bits per heavy atom. The van der Waals surface area contributed by atoms with Crippen LogP contribution in [0.15, 0.2) is 24.3 Å². The van der Waals surface area contributed by atoms with Crippen LogP contribution >= 0.6 is 0 Å². The number of hydrogen-bond acceptors (Lipinski definition) is 2. The Bertz CT molecular complexity index is 484. The van der Waals surface area contributed by atoms with Crippen LogP contribution in [0.5, 0.6) is 0 Å². The van der Waals surface area contributed by atoms with Crippen molar-refractivity contribution in [1.82, 2.24) is 4.90 Å². The number of nitrogens with zero attached hydrogens (tertiary/aromatic N) is 1. The molecule has 1 aliphatic carbocycles. The highest BCUT2D eigenvalue weighted by atomic mass is 16.2. The van der Waals surface area contributed by atoms with Gasteiger partial charge in [0.1, 0.15) is 0 Å². The first-order valence-electron chi connectivity index (χ1n) is 6.51. The number of primary amides is 1. The molecule has 0 fully saturated rings. The van der Waals surface area contributed by atoms with E-state index in [4.69, 9.17) is 5.73 Å². The molecule has 1 aromatic rings. The van der Waals surface area contributed by atoms with Gasteiger partial charge in [-0.25, -0.2) is 0 Å². The molecule has 2 amide bonds. The van der Waals surface area contributed by atoms with E-state index in [1.165, 1.54) is 11.1 Å². The molecule has 4 heteroatoms. The highest BCUT2D eigenvalue weighted by Crippen LogP contribution is 2.41. The molecule has 0 unspecified atom stereocenters. The Balaban J connectivity index is 2.28. The summed E-state index contributed by atoms with van der Waals surface area (Å²) in [5.41, 5.74) is 7.17. The SMILES string of the molecule is CN(C)C(=O)C1(CCC(N)=O)Cc2ccccc2C1. The predicted octanol–water partition coefficient (Wildman–Crippen LogP) is 1.13. The molecule has 0 spiro atoms. The minimum atomic E-state index is -0.498. The summed E-state index contributed by atoms with van der Waals surface area (Å²) in [6.45, 7) is 0. The van der Waals surface area contributed by atoms with E-state index < -0.39 is 5.41 Å². The van der Waals surface area contributed by atoms with Crippen molar-refractivity contribution in [2.45, 2.75) is 25.7 Å². The third-order valence-corrected chi connectivity index (χ3v) is 3.89. The van der Waals surface area contributed by atoms with E-state index in [1.807, 2.05) is 12.1 Å². The lowest BCUT2D eigenvalue weighted by Crippen LogP contribution is -2.41. The van der Waals surface area contributed by atoms with Crippen molar-refractivity contribution < 1.29 is 9.59 Å². The Kier molecular flexibility index (Phi) is 3.60. The van der Waals surface area contributed by atoms with Crippen molar-refractivity contribution in [2.24, 2.45) is 11.1 Å². The fourth-order valence-corrected chi connectivity index (χ4v) is 2.97. The summed E-state index contributed by atoms with van der Waals surface area (Å²) in [7, 11) is 3.52. The summed E-state index contributed by atoms with van der Waals surface area (Å²) < 4.78 is 0. The number of rotatable bonds is 4. The van der Waals surface area contributed by atoms with Crippen molar-refractivity contribution in [3.8, 4) is 0 Å². The second-order valence-corrected chi connectivity index (χ2v) is 5.57. The smallest absolute Gasteiger partial charge is 0.228 e. The number of carbonyl (C=O) groups excluding carboxylic acids is 2. The van der Waals surface area contributed by atoms with Crippen molar-refractivity contribution in [2.75, 3.05) is 14.1 Å². The maximum Gasteiger partial charge on any atom is 0.228 e. The first-order valence-corrected chi connectivity index (χ1v) is 6.51. The van der Waals surface area contributed by atoms with Crippen LogP contribution in [-0.2, 0) is 22.4 Å². The van der Waals surface area contributed by atoms with E-state index >= 15 is 0 Å². The number of nitrogens with two attached hydrogens (primary N) is 1. The van der Waals surface area contributed by atoms with Gasteiger partial charge in [0.2, 0.25) is 11.8 Å². The number of carbonyl (C=O) groups is 2. The highest BCUT2D eigenvalue weighted by molar-refractivity contribution is 5.85. The van der Waals surface area contributed by atoms with E-state index in [1.54, 1.807) is 19.0 Å². The second kappa shape index (κ2) is 5.03. The molecule has 4 nitrogen and oxygen atoms in total. The zero-order chi connectivity index (χ0) is 14.0. The van der Waals surface area contributed by atoms with Gasteiger partial charge < -0.3 is 10.6 Å². The monoisotopic (exact) mass is 260 g/mol. The Hall–Kier alpha value is -1.84. The van der Waals surface area contributed by atoms with Gasteiger partial charge in [-0.2, -0.15) is 0 Å². The lowest BCUT2D eigenvalue weighted by molar-refractivity contribution is -0.139. The zero-order valence-electron chi connectivity index (χ0n) is 11.5. The van der Waals surface area contributed by atoms with Crippen LogP contribution in [0.25, 0.3) is 0 Å². The Morgan fingerprint density at radius 3 is 2.16 bits per heavy atom. The molecule has 0 aromatic heterocycles. The van der Waals surface area contributed by atoms with Crippen molar-refractivity contribution in [3.05, 3.63) is 35.4 Å². The second-order valence-electron chi connectivity index (χ2n) is 5.57. The Morgan fingerprint density at radius 1 is 1.21 bits per heavy atom. The summed E-state index contributed by atoms with van der Waals surface area (Å²) in [6.07, 6.45) is 2.18. The van der Waals surface area contributed by atoms with Gasteiger partial charge in [-0.3, -0.25) is 9.59 Å². The number of amides is 2. The maximum absolute atomic E-state index is 12.5. The molecule has 0 aliphatic heterocycles. The van der Waals surface area contributed by atoms with Gasteiger partial charge in [-0.1, -0.05) is 24.3 Å². The summed E-state index contributed by atoms with van der Waals surface area (Å²) in [5.74, 6) is -0.258. The predicted molar refractivity (Wildman–Crippen MR) is 73.4 cm³/mol. The van der Waals surface area contributed by atoms with Crippen molar-refractivity contribution >= 4 is 11.8 Å².